The van der Waals surface area contributed by atoms with Crippen molar-refractivity contribution in [1.29, 1.82) is 0 Å². The molecule has 0 heterocycles. The SMILES string of the molecule is CC(CO)N(C)C(=O)C1CCCCCC1. The first kappa shape index (κ1) is 12.5. The Bertz CT molecular complexity index is 198. The first-order chi connectivity index (χ1) is 7.16. The van der Waals surface area contributed by atoms with Crippen molar-refractivity contribution in [3.8, 4) is 0 Å². The van der Waals surface area contributed by atoms with Crippen LogP contribution in [0.2, 0.25) is 0 Å². The van der Waals surface area contributed by atoms with E-state index in [1.54, 1.807) is 11.9 Å². The molecule has 1 rings (SSSR count). The summed E-state index contributed by atoms with van der Waals surface area (Å²) in [6.07, 6.45) is 6.95. The van der Waals surface area contributed by atoms with Crippen LogP contribution in [0.3, 0.4) is 0 Å². The smallest absolute Gasteiger partial charge is 0.225 e. The second-order valence-corrected chi connectivity index (χ2v) is 4.67. The Balaban J connectivity index is 2.49. The molecule has 0 aliphatic heterocycles. The van der Waals surface area contributed by atoms with Crippen molar-refractivity contribution in [2.24, 2.45) is 5.92 Å². The summed E-state index contributed by atoms with van der Waals surface area (Å²) in [5, 5.41) is 9.01. The topological polar surface area (TPSA) is 40.5 Å². The van der Waals surface area contributed by atoms with E-state index < -0.39 is 0 Å². The Kier molecular flexibility index (Phi) is 5.09. The molecule has 1 aliphatic carbocycles. The Hall–Kier alpha value is -0.570. The molecular formula is C12H23NO2. The summed E-state index contributed by atoms with van der Waals surface area (Å²) in [4.78, 5) is 13.8. The molecule has 1 atom stereocenters. The van der Waals surface area contributed by atoms with E-state index in [1.165, 1.54) is 25.7 Å². The quantitative estimate of drug-likeness (QED) is 0.726. The van der Waals surface area contributed by atoms with E-state index in [-0.39, 0.29) is 24.5 Å². The summed E-state index contributed by atoms with van der Waals surface area (Å²) in [6, 6.07) is -0.0549. The number of likely N-dealkylation sites (N-methyl/N-ethyl adjacent to an activating group) is 1. The van der Waals surface area contributed by atoms with Crippen LogP contribution in [0.25, 0.3) is 0 Å². The number of aliphatic hydroxyl groups is 1. The van der Waals surface area contributed by atoms with Crippen LogP contribution < -0.4 is 0 Å². The third-order valence-corrected chi connectivity index (χ3v) is 3.48. The summed E-state index contributed by atoms with van der Waals surface area (Å²) in [5.41, 5.74) is 0. The van der Waals surface area contributed by atoms with Gasteiger partial charge in [-0.05, 0) is 19.8 Å². The van der Waals surface area contributed by atoms with Crippen LogP contribution in [0.15, 0.2) is 0 Å². The van der Waals surface area contributed by atoms with Gasteiger partial charge in [-0.15, -0.1) is 0 Å². The highest BCUT2D eigenvalue weighted by Crippen LogP contribution is 2.24. The van der Waals surface area contributed by atoms with Gasteiger partial charge in [0.15, 0.2) is 0 Å². The molecule has 3 heteroatoms. The fraction of sp³-hybridized carbons (Fsp3) is 0.917. The number of hydrogen-bond acceptors (Lipinski definition) is 2. The summed E-state index contributed by atoms with van der Waals surface area (Å²) in [6.45, 7) is 1.93. The number of carbonyl (C=O) groups is 1. The molecule has 0 aromatic rings. The predicted molar refractivity (Wildman–Crippen MR) is 60.5 cm³/mol. The van der Waals surface area contributed by atoms with E-state index in [0.717, 1.165) is 12.8 Å². The molecule has 1 fully saturated rings. The van der Waals surface area contributed by atoms with E-state index in [1.807, 2.05) is 6.92 Å². The van der Waals surface area contributed by atoms with Gasteiger partial charge in [0.2, 0.25) is 5.91 Å². The molecule has 1 unspecified atom stereocenters. The van der Waals surface area contributed by atoms with Crippen molar-refractivity contribution in [3.63, 3.8) is 0 Å². The normalized spacial score (nSPS) is 20.7. The van der Waals surface area contributed by atoms with Gasteiger partial charge >= 0.3 is 0 Å². The number of aliphatic hydroxyl groups excluding tert-OH is 1. The number of carbonyl (C=O) groups excluding carboxylic acids is 1. The van der Waals surface area contributed by atoms with E-state index in [0.29, 0.717) is 0 Å². The van der Waals surface area contributed by atoms with Crippen LogP contribution in [0.5, 0.6) is 0 Å². The lowest BCUT2D eigenvalue weighted by Gasteiger charge is -2.27. The van der Waals surface area contributed by atoms with Crippen molar-refractivity contribution < 1.29 is 9.90 Å². The summed E-state index contributed by atoms with van der Waals surface area (Å²) in [7, 11) is 1.80. The van der Waals surface area contributed by atoms with Crippen molar-refractivity contribution in [1.82, 2.24) is 4.90 Å². The maximum absolute atomic E-state index is 12.1. The third-order valence-electron chi connectivity index (χ3n) is 3.48. The predicted octanol–water partition coefficient (Wildman–Crippen LogP) is 1.80. The largest absolute Gasteiger partial charge is 0.394 e. The molecule has 1 aliphatic rings. The van der Waals surface area contributed by atoms with E-state index in [2.05, 4.69) is 0 Å². The zero-order valence-corrected chi connectivity index (χ0v) is 9.91. The third kappa shape index (κ3) is 3.49. The Labute approximate surface area is 92.5 Å². The zero-order valence-electron chi connectivity index (χ0n) is 9.91. The zero-order chi connectivity index (χ0) is 11.3. The van der Waals surface area contributed by atoms with E-state index in [9.17, 15) is 4.79 Å². The van der Waals surface area contributed by atoms with Gasteiger partial charge in [0.05, 0.1) is 12.6 Å². The maximum Gasteiger partial charge on any atom is 0.225 e. The second-order valence-electron chi connectivity index (χ2n) is 4.67. The highest BCUT2D eigenvalue weighted by Gasteiger charge is 2.25. The average molecular weight is 213 g/mol. The fourth-order valence-corrected chi connectivity index (χ4v) is 2.15. The van der Waals surface area contributed by atoms with Gasteiger partial charge < -0.3 is 10.0 Å². The molecule has 3 nitrogen and oxygen atoms in total. The first-order valence-electron chi connectivity index (χ1n) is 6.04. The molecule has 0 spiro atoms. The molecular weight excluding hydrogens is 190 g/mol. The van der Waals surface area contributed by atoms with Crippen molar-refractivity contribution in [2.75, 3.05) is 13.7 Å². The van der Waals surface area contributed by atoms with E-state index >= 15 is 0 Å². The van der Waals surface area contributed by atoms with Crippen LogP contribution >= 0.6 is 0 Å². The van der Waals surface area contributed by atoms with Crippen molar-refractivity contribution in [2.45, 2.75) is 51.5 Å². The number of hydrogen-bond donors (Lipinski definition) is 1. The van der Waals surface area contributed by atoms with Gasteiger partial charge in [0.25, 0.3) is 0 Å². The molecule has 88 valence electrons. The molecule has 0 bridgehead atoms. The van der Waals surface area contributed by atoms with Crippen LogP contribution in [0.4, 0.5) is 0 Å². The van der Waals surface area contributed by atoms with Gasteiger partial charge in [-0.25, -0.2) is 0 Å². The molecule has 0 radical (unpaired) electrons. The highest BCUT2D eigenvalue weighted by atomic mass is 16.3. The van der Waals surface area contributed by atoms with Gasteiger partial charge in [-0.2, -0.15) is 0 Å². The maximum atomic E-state index is 12.1. The minimum atomic E-state index is -0.0549. The minimum Gasteiger partial charge on any atom is -0.394 e. The Morgan fingerprint density at radius 2 is 1.87 bits per heavy atom. The van der Waals surface area contributed by atoms with E-state index in [4.69, 9.17) is 5.11 Å². The van der Waals surface area contributed by atoms with Crippen LogP contribution in [0.1, 0.15) is 45.4 Å². The van der Waals surface area contributed by atoms with Gasteiger partial charge in [-0.1, -0.05) is 25.7 Å². The number of nitrogens with zero attached hydrogens (tertiary/aromatic N) is 1. The Morgan fingerprint density at radius 1 is 1.33 bits per heavy atom. The first-order valence-corrected chi connectivity index (χ1v) is 6.04. The lowest BCUT2D eigenvalue weighted by Crippen LogP contribution is -2.40. The summed E-state index contributed by atoms with van der Waals surface area (Å²) in [5.74, 6) is 0.421. The molecule has 1 saturated carbocycles. The lowest BCUT2D eigenvalue weighted by atomic mass is 9.98. The molecule has 0 aromatic carbocycles. The molecule has 15 heavy (non-hydrogen) atoms. The monoisotopic (exact) mass is 213 g/mol. The van der Waals surface area contributed by atoms with Gasteiger partial charge in [0, 0.05) is 13.0 Å². The number of rotatable bonds is 3. The summed E-state index contributed by atoms with van der Waals surface area (Å²) < 4.78 is 0. The standard InChI is InChI=1S/C12H23NO2/c1-10(9-14)13(2)12(15)11-7-5-3-4-6-8-11/h10-11,14H,3-9H2,1-2H3. The molecule has 1 N–H and O–H groups in total. The van der Waals surface area contributed by atoms with Gasteiger partial charge in [0.1, 0.15) is 0 Å². The van der Waals surface area contributed by atoms with Gasteiger partial charge in [-0.3, -0.25) is 4.79 Å². The molecule has 0 aromatic heterocycles. The van der Waals surface area contributed by atoms with Crippen LogP contribution in [-0.2, 0) is 4.79 Å². The molecule has 0 saturated heterocycles. The second kappa shape index (κ2) is 6.11. The van der Waals surface area contributed by atoms with Crippen LogP contribution in [-0.4, -0.2) is 35.6 Å². The molecule has 1 amide bonds. The number of amides is 1. The van der Waals surface area contributed by atoms with Crippen molar-refractivity contribution >= 4 is 5.91 Å². The fourth-order valence-electron chi connectivity index (χ4n) is 2.15. The van der Waals surface area contributed by atoms with Crippen LogP contribution in [0, 0.1) is 5.92 Å². The lowest BCUT2D eigenvalue weighted by molar-refractivity contribution is -0.137. The minimum absolute atomic E-state index is 0.0506. The van der Waals surface area contributed by atoms with Crippen molar-refractivity contribution in [3.05, 3.63) is 0 Å². The summed E-state index contributed by atoms with van der Waals surface area (Å²) >= 11 is 0. The average Bonchev–Trinajstić information content (AvgIpc) is 2.54. The Morgan fingerprint density at radius 3 is 2.33 bits per heavy atom. The highest BCUT2D eigenvalue weighted by molar-refractivity contribution is 5.78.